The molecule has 1 heterocycles. The zero-order valence-electron chi connectivity index (χ0n) is 13.9. The van der Waals surface area contributed by atoms with E-state index in [4.69, 9.17) is 17.3 Å². The van der Waals surface area contributed by atoms with Crippen LogP contribution in [0.4, 0.5) is 11.4 Å². The number of carbonyl (C=O) groups excluding carboxylic acids is 1. The summed E-state index contributed by atoms with van der Waals surface area (Å²) < 4.78 is 1.65. The van der Waals surface area contributed by atoms with Crippen LogP contribution in [0.3, 0.4) is 0 Å². The first-order valence-corrected chi connectivity index (χ1v) is 8.42. The van der Waals surface area contributed by atoms with E-state index in [0.29, 0.717) is 28.5 Å². The van der Waals surface area contributed by atoms with Crippen LogP contribution >= 0.6 is 11.6 Å². The molecule has 1 amide bonds. The highest BCUT2D eigenvalue weighted by Gasteiger charge is 2.16. The number of benzene rings is 2. The van der Waals surface area contributed by atoms with Gasteiger partial charge in [-0.3, -0.25) is 4.79 Å². The summed E-state index contributed by atoms with van der Waals surface area (Å²) in [6, 6.07) is 20.3. The van der Waals surface area contributed by atoms with Crippen molar-refractivity contribution in [1.29, 1.82) is 5.26 Å². The lowest BCUT2D eigenvalue weighted by Gasteiger charge is -2.12. The number of nitrogens with one attached hydrogen (secondary N) is 1. The number of para-hydroxylation sites is 1. The predicted octanol–water partition coefficient (Wildman–Crippen LogP) is 3.82. The van der Waals surface area contributed by atoms with E-state index in [1.165, 1.54) is 0 Å². The van der Waals surface area contributed by atoms with E-state index in [1.54, 1.807) is 22.8 Å². The molecule has 130 valence electrons. The Balaban J connectivity index is 1.84. The van der Waals surface area contributed by atoms with Gasteiger partial charge in [-0.15, -0.1) is 0 Å². The highest BCUT2D eigenvalue weighted by molar-refractivity contribution is 6.30. The van der Waals surface area contributed by atoms with Crippen LogP contribution in [0.25, 0.3) is 0 Å². The quantitative estimate of drug-likeness (QED) is 0.721. The van der Waals surface area contributed by atoms with Crippen LogP contribution < -0.4 is 11.1 Å². The molecule has 0 bridgehead atoms. The second kappa shape index (κ2) is 7.77. The molecule has 3 rings (SSSR count). The van der Waals surface area contributed by atoms with E-state index in [1.807, 2.05) is 42.5 Å². The van der Waals surface area contributed by atoms with Crippen molar-refractivity contribution in [2.24, 2.45) is 0 Å². The summed E-state index contributed by atoms with van der Waals surface area (Å²) in [5, 5.41) is 12.9. The Morgan fingerprint density at radius 2 is 1.85 bits per heavy atom. The number of aromatic nitrogens is 1. The van der Waals surface area contributed by atoms with Gasteiger partial charge in [0.05, 0.1) is 5.69 Å². The van der Waals surface area contributed by atoms with Crippen molar-refractivity contribution in [3.8, 4) is 6.07 Å². The smallest absolute Gasteiger partial charge is 0.244 e. The van der Waals surface area contributed by atoms with Gasteiger partial charge in [-0.2, -0.15) is 5.26 Å². The minimum absolute atomic E-state index is 0.0118. The largest absolute Gasteiger partial charge is 0.397 e. The predicted molar refractivity (Wildman–Crippen MR) is 103 cm³/mol. The maximum Gasteiger partial charge on any atom is 0.244 e. The number of carbonyl (C=O) groups is 1. The monoisotopic (exact) mass is 364 g/mol. The fourth-order valence-electron chi connectivity index (χ4n) is 2.74. The van der Waals surface area contributed by atoms with Crippen molar-refractivity contribution >= 4 is 28.9 Å². The van der Waals surface area contributed by atoms with Gasteiger partial charge in [0, 0.05) is 22.8 Å². The van der Waals surface area contributed by atoms with Crippen molar-refractivity contribution < 1.29 is 4.79 Å². The van der Waals surface area contributed by atoms with Crippen molar-refractivity contribution in [2.75, 3.05) is 11.1 Å². The fourth-order valence-corrected chi connectivity index (χ4v) is 2.87. The van der Waals surface area contributed by atoms with Gasteiger partial charge in [0.2, 0.25) is 5.91 Å². The molecule has 2 aromatic carbocycles. The summed E-state index contributed by atoms with van der Waals surface area (Å²) in [6.07, 6.45) is 0.503. The molecule has 0 unspecified atom stereocenters. The molecular weight excluding hydrogens is 348 g/mol. The van der Waals surface area contributed by atoms with Gasteiger partial charge in [0.25, 0.3) is 0 Å². The standard InChI is InChI=1S/C20H17ClN4O/c21-15-8-6-14(7-9-15)10-19-18(23)11-17(12-22)25(19)13-20(26)24-16-4-2-1-3-5-16/h1-9,11H,10,13,23H2,(H,24,26). The Bertz CT molecular complexity index is 956. The minimum atomic E-state index is -0.222. The molecule has 0 aliphatic heterocycles. The van der Waals surface area contributed by atoms with Gasteiger partial charge in [0.1, 0.15) is 18.3 Å². The minimum Gasteiger partial charge on any atom is -0.397 e. The third-order valence-electron chi connectivity index (χ3n) is 4.00. The number of nitrogens with zero attached hydrogens (tertiary/aromatic N) is 2. The maximum absolute atomic E-state index is 12.4. The summed E-state index contributed by atoms with van der Waals surface area (Å²) in [5.41, 5.74) is 9.37. The van der Waals surface area contributed by atoms with Crippen LogP contribution in [0, 0.1) is 11.3 Å². The summed E-state index contributed by atoms with van der Waals surface area (Å²) in [7, 11) is 0. The van der Waals surface area contributed by atoms with Crippen molar-refractivity contribution in [2.45, 2.75) is 13.0 Å². The maximum atomic E-state index is 12.4. The van der Waals surface area contributed by atoms with Crippen molar-refractivity contribution in [1.82, 2.24) is 4.57 Å². The average Bonchev–Trinajstić information content (AvgIpc) is 2.93. The van der Waals surface area contributed by atoms with Crippen LogP contribution in [0.1, 0.15) is 17.0 Å². The third-order valence-corrected chi connectivity index (χ3v) is 4.25. The summed E-state index contributed by atoms with van der Waals surface area (Å²) >= 11 is 5.92. The molecule has 0 fully saturated rings. The van der Waals surface area contributed by atoms with Crippen LogP contribution in [0.5, 0.6) is 0 Å². The second-order valence-corrected chi connectivity index (χ2v) is 6.28. The number of halogens is 1. The molecule has 0 saturated heterocycles. The molecule has 1 aromatic heterocycles. The van der Waals surface area contributed by atoms with Gasteiger partial charge < -0.3 is 15.6 Å². The zero-order valence-corrected chi connectivity index (χ0v) is 14.7. The first-order valence-electron chi connectivity index (χ1n) is 8.04. The van der Waals surface area contributed by atoms with Crippen LogP contribution in [-0.2, 0) is 17.8 Å². The Morgan fingerprint density at radius 1 is 1.15 bits per heavy atom. The van der Waals surface area contributed by atoms with Crippen LogP contribution in [0.2, 0.25) is 5.02 Å². The molecule has 0 radical (unpaired) electrons. The number of hydrogen-bond acceptors (Lipinski definition) is 3. The van der Waals surface area contributed by atoms with E-state index in [9.17, 15) is 10.1 Å². The zero-order chi connectivity index (χ0) is 18.5. The van der Waals surface area contributed by atoms with E-state index in [0.717, 1.165) is 11.3 Å². The van der Waals surface area contributed by atoms with Gasteiger partial charge >= 0.3 is 0 Å². The number of anilines is 2. The van der Waals surface area contributed by atoms with E-state index in [-0.39, 0.29) is 12.5 Å². The second-order valence-electron chi connectivity index (χ2n) is 5.85. The first kappa shape index (κ1) is 17.6. The molecular formula is C20H17ClN4O. The van der Waals surface area contributed by atoms with E-state index >= 15 is 0 Å². The molecule has 0 aliphatic rings. The van der Waals surface area contributed by atoms with E-state index in [2.05, 4.69) is 11.4 Å². The Kier molecular flexibility index (Phi) is 5.26. The molecule has 3 N–H and O–H groups in total. The molecule has 0 spiro atoms. The van der Waals surface area contributed by atoms with Crippen LogP contribution in [0.15, 0.2) is 60.7 Å². The topological polar surface area (TPSA) is 83.8 Å². The van der Waals surface area contributed by atoms with Gasteiger partial charge in [-0.1, -0.05) is 41.9 Å². The lowest BCUT2D eigenvalue weighted by atomic mass is 10.1. The molecule has 0 saturated carbocycles. The summed E-state index contributed by atoms with van der Waals surface area (Å²) in [6.45, 7) is 0.0118. The molecule has 0 atom stereocenters. The highest BCUT2D eigenvalue weighted by atomic mass is 35.5. The number of rotatable bonds is 5. The first-order chi connectivity index (χ1) is 12.6. The number of amides is 1. The van der Waals surface area contributed by atoms with Gasteiger partial charge in [-0.25, -0.2) is 0 Å². The summed E-state index contributed by atoms with van der Waals surface area (Å²) in [4.78, 5) is 12.4. The SMILES string of the molecule is N#Cc1cc(N)c(Cc2ccc(Cl)cc2)n1CC(=O)Nc1ccccc1. The normalized spacial score (nSPS) is 10.3. The number of nitriles is 1. The van der Waals surface area contributed by atoms with Gasteiger partial charge in [-0.05, 0) is 35.9 Å². The molecule has 6 heteroatoms. The van der Waals surface area contributed by atoms with Gasteiger partial charge in [0.15, 0.2) is 0 Å². The number of hydrogen-bond donors (Lipinski definition) is 2. The molecule has 26 heavy (non-hydrogen) atoms. The number of nitrogens with two attached hydrogens (primary N) is 1. The van der Waals surface area contributed by atoms with Crippen LogP contribution in [-0.4, -0.2) is 10.5 Å². The lowest BCUT2D eigenvalue weighted by molar-refractivity contribution is -0.116. The average molecular weight is 365 g/mol. The van der Waals surface area contributed by atoms with E-state index < -0.39 is 0 Å². The number of nitrogen functional groups attached to an aromatic ring is 1. The fraction of sp³-hybridized carbons (Fsp3) is 0.100. The Morgan fingerprint density at radius 3 is 2.50 bits per heavy atom. The van der Waals surface area contributed by atoms with Crippen molar-refractivity contribution in [3.05, 3.63) is 82.6 Å². The molecule has 5 nitrogen and oxygen atoms in total. The molecule has 0 aliphatic carbocycles. The Labute approximate surface area is 156 Å². The lowest BCUT2D eigenvalue weighted by Crippen LogP contribution is -2.21. The van der Waals surface area contributed by atoms with Crippen molar-refractivity contribution in [3.63, 3.8) is 0 Å². The Hall–Kier alpha value is -3.23. The highest BCUT2D eigenvalue weighted by Crippen LogP contribution is 2.23. The molecule has 3 aromatic rings. The summed E-state index contributed by atoms with van der Waals surface area (Å²) in [5.74, 6) is -0.222. The third kappa shape index (κ3) is 4.05.